The molecule has 0 aromatic heterocycles. The second-order valence-corrected chi connectivity index (χ2v) is 6.26. The van der Waals surface area contributed by atoms with E-state index in [2.05, 4.69) is 18.7 Å². The van der Waals surface area contributed by atoms with Crippen molar-refractivity contribution < 1.29 is 10.2 Å². The molecule has 1 saturated carbocycles. The van der Waals surface area contributed by atoms with E-state index in [0.29, 0.717) is 5.92 Å². The number of piperidine rings is 1. The zero-order chi connectivity index (χ0) is 11.8. The smallest absolute Gasteiger partial charge is 0.0631 e. The van der Waals surface area contributed by atoms with Crippen LogP contribution in [-0.4, -0.2) is 47.0 Å². The number of rotatable bonds is 2. The highest BCUT2D eigenvalue weighted by Gasteiger charge is 2.41. The Morgan fingerprint density at radius 2 is 1.75 bits per heavy atom. The number of aliphatic hydroxyl groups is 2. The van der Waals surface area contributed by atoms with Gasteiger partial charge in [0, 0.05) is 19.6 Å². The van der Waals surface area contributed by atoms with Crippen LogP contribution in [0, 0.1) is 11.3 Å². The third-order valence-corrected chi connectivity index (χ3v) is 4.46. The van der Waals surface area contributed by atoms with Crippen molar-refractivity contribution in [1.29, 1.82) is 0 Å². The first-order chi connectivity index (χ1) is 7.49. The largest absolute Gasteiger partial charge is 0.393 e. The second kappa shape index (κ2) is 4.63. The standard InChI is InChI=1S/C13H25NO2/c1-13(2)6-3-10(12(13)16)9-14-7-4-11(15)5-8-14/h10-12,15-16H,3-9H2,1-2H3. The lowest BCUT2D eigenvalue weighted by atomic mass is 9.87. The van der Waals surface area contributed by atoms with Gasteiger partial charge in [0.15, 0.2) is 0 Å². The van der Waals surface area contributed by atoms with E-state index in [1.54, 1.807) is 0 Å². The molecule has 3 nitrogen and oxygen atoms in total. The van der Waals surface area contributed by atoms with Gasteiger partial charge in [-0.15, -0.1) is 0 Å². The topological polar surface area (TPSA) is 43.7 Å². The van der Waals surface area contributed by atoms with Gasteiger partial charge in [-0.1, -0.05) is 13.8 Å². The monoisotopic (exact) mass is 227 g/mol. The molecule has 3 heteroatoms. The molecular formula is C13H25NO2. The van der Waals surface area contributed by atoms with Gasteiger partial charge < -0.3 is 15.1 Å². The summed E-state index contributed by atoms with van der Waals surface area (Å²) in [6, 6.07) is 0. The van der Waals surface area contributed by atoms with Crippen molar-refractivity contribution in [2.24, 2.45) is 11.3 Å². The normalized spacial score (nSPS) is 36.8. The van der Waals surface area contributed by atoms with Crippen LogP contribution in [0.1, 0.15) is 39.5 Å². The van der Waals surface area contributed by atoms with E-state index in [1.807, 2.05) is 0 Å². The fourth-order valence-electron chi connectivity index (χ4n) is 3.13. The van der Waals surface area contributed by atoms with Gasteiger partial charge in [0.2, 0.25) is 0 Å². The van der Waals surface area contributed by atoms with E-state index in [9.17, 15) is 10.2 Å². The molecule has 94 valence electrons. The Bertz CT molecular complexity index is 234. The molecule has 16 heavy (non-hydrogen) atoms. The van der Waals surface area contributed by atoms with Gasteiger partial charge in [-0.25, -0.2) is 0 Å². The van der Waals surface area contributed by atoms with Gasteiger partial charge in [-0.2, -0.15) is 0 Å². The molecular weight excluding hydrogens is 202 g/mol. The van der Waals surface area contributed by atoms with Gasteiger partial charge in [0.25, 0.3) is 0 Å². The van der Waals surface area contributed by atoms with Crippen LogP contribution in [0.2, 0.25) is 0 Å². The summed E-state index contributed by atoms with van der Waals surface area (Å²) in [5, 5.41) is 19.7. The Morgan fingerprint density at radius 3 is 2.25 bits per heavy atom. The molecule has 0 spiro atoms. The summed E-state index contributed by atoms with van der Waals surface area (Å²) in [7, 11) is 0. The van der Waals surface area contributed by atoms with Crippen LogP contribution in [0.25, 0.3) is 0 Å². The SMILES string of the molecule is CC1(C)CCC(CN2CCC(O)CC2)C1O. The zero-order valence-corrected chi connectivity index (χ0v) is 10.5. The maximum atomic E-state index is 10.2. The first kappa shape index (κ1) is 12.3. The van der Waals surface area contributed by atoms with E-state index in [1.165, 1.54) is 0 Å². The summed E-state index contributed by atoms with van der Waals surface area (Å²) in [5.41, 5.74) is 0.0972. The molecule has 0 aromatic rings. The first-order valence-corrected chi connectivity index (χ1v) is 6.57. The summed E-state index contributed by atoms with van der Waals surface area (Å²) in [6.45, 7) is 7.32. The van der Waals surface area contributed by atoms with Gasteiger partial charge >= 0.3 is 0 Å². The highest BCUT2D eigenvalue weighted by Crippen LogP contribution is 2.41. The molecule has 2 fully saturated rings. The van der Waals surface area contributed by atoms with Crippen LogP contribution in [-0.2, 0) is 0 Å². The third-order valence-electron chi connectivity index (χ3n) is 4.46. The van der Waals surface area contributed by atoms with Gasteiger partial charge in [-0.3, -0.25) is 0 Å². The highest BCUT2D eigenvalue weighted by molar-refractivity contribution is 4.92. The maximum Gasteiger partial charge on any atom is 0.0631 e. The molecule has 0 bridgehead atoms. The number of nitrogens with zero attached hydrogens (tertiary/aromatic N) is 1. The van der Waals surface area contributed by atoms with Crippen molar-refractivity contribution in [1.82, 2.24) is 4.90 Å². The molecule has 2 unspecified atom stereocenters. The van der Waals surface area contributed by atoms with Crippen LogP contribution < -0.4 is 0 Å². The molecule has 0 radical (unpaired) electrons. The van der Waals surface area contributed by atoms with E-state index in [4.69, 9.17) is 0 Å². The first-order valence-electron chi connectivity index (χ1n) is 6.57. The van der Waals surface area contributed by atoms with Crippen molar-refractivity contribution in [3.63, 3.8) is 0 Å². The van der Waals surface area contributed by atoms with Gasteiger partial charge in [0.05, 0.1) is 12.2 Å². The lowest BCUT2D eigenvalue weighted by Gasteiger charge is -2.33. The molecule has 1 saturated heterocycles. The Balaban J connectivity index is 1.82. The Labute approximate surface area is 98.5 Å². The summed E-state index contributed by atoms with van der Waals surface area (Å²) in [5.74, 6) is 0.435. The van der Waals surface area contributed by atoms with Crippen molar-refractivity contribution in [3.05, 3.63) is 0 Å². The summed E-state index contributed by atoms with van der Waals surface area (Å²) in [4.78, 5) is 2.40. The van der Waals surface area contributed by atoms with Crippen LogP contribution in [0.3, 0.4) is 0 Å². The van der Waals surface area contributed by atoms with Gasteiger partial charge in [0.1, 0.15) is 0 Å². The maximum absolute atomic E-state index is 10.2. The fraction of sp³-hybridized carbons (Fsp3) is 1.00. The average Bonchev–Trinajstić information content (AvgIpc) is 2.49. The molecule has 2 rings (SSSR count). The molecule has 1 aliphatic carbocycles. The van der Waals surface area contributed by atoms with Crippen molar-refractivity contribution >= 4 is 0 Å². The second-order valence-electron chi connectivity index (χ2n) is 6.26. The number of likely N-dealkylation sites (tertiary alicyclic amines) is 1. The molecule has 1 aliphatic heterocycles. The van der Waals surface area contributed by atoms with E-state index >= 15 is 0 Å². The Kier molecular flexibility index (Phi) is 3.57. The number of hydrogen-bond donors (Lipinski definition) is 2. The third kappa shape index (κ3) is 2.58. The molecule has 2 N–H and O–H groups in total. The predicted molar refractivity (Wildman–Crippen MR) is 64.2 cm³/mol. The van der Waals surface area contributed by atoms with Crippen LogP contribution in [0.5, 0.6) is 0 Å². The van der Waals surface area contributed by atoms with E-state index in [0.717, 1.165) is 45.3 Å². The number of aliphatic hydroxyl groups excluding tert-OH is 2. The minimum atomic E-state index is -0.153. The summed E-state index contributed by atoms with van der Waals surface area (Å²) < 4.78 is 0. The molecule has 2 atom stereocenters. The average molecular weight is 227 g/mol. The van der Waals surface area contributed by atoms with Crippen molar-refractivity contribution in [2.45, 2.75) is 51.7 Å². The summed E-state index contributed by atoms with van der Waals surface area (Å²) in [6.07, 6.45) is 3.82. The highest BCUT2D eigenvalue weighted by atomic mass is 16.3. The van der Waals surface area contributed by atoms with Crippen LogP contribution in [0.15, 0.2) is 0 Å². The Morgan fingerprint density at radius 1 is 1.12 bits per heavy atom. The molecule has 0 aromatic carbocycles. The number of hydrogen-bond acceptors (Lipinski definition) is 3. The quantitative estimate of drug-likeness (QED) is 0.746. The lowest BCUT2D eigenvalue weighted by molar-refractivity contribution is 0.0197. The lowest BCUT2D eigenvalue weighted by Crippen LogP contribution is -2.41. The minimum Gasteiger partial charge on any atom is -0.393 e. The molecule has 1 heterocycles. The van der Waals surface area contributed by atoms with Crippen molar-refractivity contribution in [3.8, 4) is 0 Å². The summed E-state index contributed by atoms with van der Waals surface area (Å²) >= 11 is 0. The van der Waals surface area contributed by atoms with Crippen molar-refractivity contribution in [2.75, 3.05) is 19.6 Å². The van der Waals surface area contributed by atoms with Crippen LogP contribution in [0.4, 0.5) is 0 Å². The molecule has 0 amide bonds. The predicted octanol–water partition coefficient (Wildman–Crippen LogP) is 1.24. The van der Waals surface area contributed by atoms with Crippen LogP contribution >= 0.6 is 0 Å². The van der Waals surface area contributed by atoms with E-state index in [-0.39, 0.29) is 17.6 Å². The van der Waals surface area contributed by atoms with Gasteiger partial charge in [-0.05, 0) is 37.0 Å². The molecule has 2 aliphatic rings. The minimum absolute atomic E-state index is 0.0961. The Hall–Kier alpha value is -0.120. The fourth-order valence-corrected chi connectivity index (χ4v) is 3.13. The van der Waals surface area contributed by atoms with E-state index < -0.39 is 0 Å². The zero-order valence-electron chi connectivity index (χ0n) is 10.5.